The van der Waals surface area contributed by atoms with Gasteiger partial charge in [-0.15, -0.1) is 0 Å². The van der Waals surface area contributed by atoms with Crippen LogP contribution in [0.5, 0.6) is 5.88 Å². The summed E-state index contributed by atoms with van der Waals surface area (Å²) in [5.41, 5.74) is 0.0649. The Bertz CT molecular complexity index is 365. The predicted octanol–water partition coefficient (Wildman–Crippen LogP) is 2.93. The molecular weight excluding hydrogens is 214 g/mol. The van der Waals surface area contributed by atoms with Gasteiger partial charge in [0, 0.05) is 0 Å². The Morgan fingerprint density at radius 2 is 2.29 bits per heavy atom. The van der Waals surface area contributed by atoms with Gasteiger partial charge in [-0.05, 0) is 12.1 Å². The molecule has 0 aliphatic heterocycles. The van der Waals surface area contributed by atoms with Crippen LogP contribution in [-0.4, -0.2) is 18.0 Å². The van der Waals surface area contributed by atoms with E-state index in [1.165, 1.54) is 12.1 Å². The first-order valence-electron chi connectivity index (χ1n) is 3.58. The zero-order valence-electron chi connectivity index (χ0n) is 6.88. The van der Waals surface area contributed by atoms with Gasteiger partial charge in [-0.2, -0.15) is 0 Å². The highest BCUT2D eigenvalue weighted by Gasteiger charge is 2.09. The number of hydrogen-bond acceptors (Lipinski definition) is 2. The predicted molar refractivity (Wildman–Crippen MR) is 47.0 cm³/mol. The molecule has 0 aromatic carbocycles. The molecule has 0 radical (unpaired) electrons. The van der Waals surface area contributed by atoms with E-state index in [0.717, 1.165) is 0 Å². The maximum absolute atomic E-state index is 11.8. The summed E-state index contributed by atoms with van der Waals surface area (Å²) in [4.78, 5) is 6.66. The third kappa shape index (κ3) is 2.82. The Balaban J connectivity index is 2.84. The number of pyridine rings is 1. The molecule has 6 heteroatoms. The lowest BCUT2D eigenvalue weighted by molar-refractivity contribution is 0.0801. The molecule has 0 saturated carbocycles. The van der Waals surface area contributed by atoms with Crippen molar-refractivity contribution in [3.63, 3.8) is 0 Å². The monoisotopic (exact) mass is 218 g/mol. The fraction of sp³-hybridized carbons (Fsp3) is 0.250. The minimum Gasteiger partial charge on any atom is -0.480 e. The largest absolute Gasteiger partial charge is 0.480 e. The lowest BCUT2D eigenvalue weighted by Gasteiger charge is -2.05. The smallest absolute Gasteiger partial charge is 0.272 e. The summed E-state index contributed by atoms with van der Waals surface area (Å²) in [6, 6.07) is 2.76. The van der Waals surface area contributed by atoms with Crippen molar-refractivity contribution in [2.75, 3.05) is 6.61 Å². The molecule has 1 aromatic rings. The highest BCUT2D eigenvalue weighted by Crippen LogP contribution is 2.27. The molecule has 14 heavy (non-hydrogen) atoms. The van der Waals surface area contributed by atoms with Crippen molar-refractivity contribution in [1.29, 1.82) is 0 Å². The van der Waals surface area contributed by atoms with Crippen LogP contribution in [-0.2, 0) is 0 Å². The molecule has 0 spiro atoms. The zero-order valence-corrected chi connectivity index (χ0v) is 7.63. The van der Waals surface area contributed by atoms with E-state index in [-0.39, 0.29) is 16.7 Å². The van der Waals surface area contributed by atoms with Crippen molar-refractivity contribution in [2.24, 2.45) is 0 Å². The third-order valence-corrected chi connectivity index (χ3v) is 1.48. The van der Waals surface area contributed by atoms with E-state index in [1.807, 2.05) is 0 Å². The second kappa shape index (κ2) is 4.72. The van der Waals surface area contributed by atoms with Crippen LogP contribution in [0.4, 0.5) is 14.5 Å². The summed E-state index contributed by atoms with van der Waals surface area (Å²) in [6.07, 6.45) is -2.60. The van der Waals surface area contributed by atoms with Crippen molar-refractivity contribution in [2.45, 2.75) is 6.43 Å². The van der Waals surface area contributed by atoms with Crippen LogP contribution >= 0.6 is 11.6 Å². The number of aromatic nitrogens is 1. The minimum absolute atomic E-state index is 0.0649. The fourth-order valence-electron chi connectivity index (χ4n) is 0.744. The summed E-state index contributed by atoms with van der Waals surface area (Å²) < 4.78 is 28.2. The molecule has 0 unspecified atom stereocenters. The molecule has 0 bridgehead atoms. The topological polar surface area (TPSA) is 26.5 Å². The van der Waals surface area contributed by atoms with Gasteiger partial charge < -0.3 is 4.74 Å². The van der Waals surface area contributed by atoms with Gasteiger partial charge in [0.1, 0.15) is 11.8 Å². The summed E-state index contributed by atoms with van der Waals surface area (Å²) in [5.74, 6) is -0.159. The molecule has 0 amide bonds. The summed E-state index contributed by atoms with van der Waals surface area (Å²) in [6.45, 7) is 5.92. The standard InChI is InChI=1S/C8H5ClF2N2O/c1-12-5-2-3-6(9)13-8(5)14-4-7(10)11/h2-3,7H,4H2. The highest BCUT2D eigenvalue weighted by atomic mass is 35.5. The van der Waals surface area contributed by atoms with E-state index in [0.29, 0.717) is 0 Å². The van der Waals surface area contributed by atoms with Crippen LogP contribution < -0.4 is 4.74 Å². The third-order valence-electron chi connectivity index (χ3n) is 1.27. The quantitative estimate of drug-likeness (QED) is 0.576. The molecular formula is C8H5ClF2N2O. The Labute approximate surface area is 84.1 Å². The van der Waals surface area contributed by atoms with Crippen LogP contribution in [0.15, 0.2) is 12.1 Å². The molecule has 0 fully saturated rings. The van der Waals surface area contributed by atoms with E-state index in [1.54, 1.807) is 0 Å². The van der Waals surface area contributed by atoms with Gasteiger partial charge in [0.25, 0.3) is 6.43 Å². The molecule has 0 saturated heterocycles. The molecule has 1 heterocycles. The lowest BCUT2D eigenvalue weighted by Crippen LogP contribution is -2.07. The number of nitrogens with zero attached hydrogens (tertiary/aromatic N) is 2. The number of rotatable bonds is 3. The molecule has 1 rings (SSSR count). The van der Waals surface area contributed by atoms with Crippen molar-refractivity contribution in [3.8, 4) is 5.88 Å². The van der Waals surface area contributed by atoms with Crippen LogP contribution in [0.25, 0.3) is 4.85 Å². The van der Waals surface area contributed by atoms with Gasteiger partial charge in [-0.3, -0.25) is 0 Å². The van der Waals surface area contributed by atoms with Gasteiger partial charge in [-0.1, -0.05) is 11.6 Å². The minimum atomic E-state index is -2.60. The van der Waals surface area contributed by atoms with Crippen LogP contribution in [0.3, 0.4) is 0 Å². The van der Waals surface area contributed by atoms with Crippen LogP contribution in [0.1, 0.15) is 0 Å². The Morgan fingerprint density at radius 1 is 1.57 bits per heavy atom. The van der Waals surface area contributed by atoms with Gasteiger partial charge in [0.15, 0.2) is 0 Å². The molecule has 74 valence electrons. The summed E-state index contributed by atoms with van der Waals surface area (Å²) in [5, 5.41) is 0.0988. The molecule has 1 aromatic heterocycles. The van der Waals surface area contributed by atoms with Gasteiger partial charge in [0.05, 0.1) is 6.57 Å². The average molecular weight is 219 g/mol. The number of ether oxygens (including phenoxy) is 1. The normalized spacial score (nSPS) is 9.93. The van der Waals surface area contributed by atoms with Crippen molar-refractivity contribution in [3.05, 3.63) is 28.7 Å². The first kappa shape index (κ1) is 10.7. The molecule has 0 aliphatic rings. The molecule has 0 aliphatic carbocycles. The Kier molecular flexibility index (Phi) is 3.60. The van der Waals surface area contributed by atoms with E-state index in [9.17, 15) is 8.78 Å². The molecule has 0 N–H and O–H groups in total. The van der Waals surface area contributed by atoms with E-state index in [4.69, 9.17) is 18.2 Å². The van der Waals surface area contributed by atoms with Crippen molar-refractivity contribution in [1.82, 2.24) is 4.98 Å². The Hall–Kier alpha value is -1.41. The maximum atomic E-state index is 11.8. The van der Waals surface area contributed by atoms with E-state index >= 15 is 0 Å². The van der Waals surface area contributed by atoms with Gasteiger partial charge >= 0.3 is 0 Å². The Morgan fingerprint density at radius 3 is 2.86 bits per heavy atom. The van der Waals surface area contributed by atoms with Crippen LogP contribution in [0, 0.1) is 6.57 Å². The number of halogens is 3. The van der Waals surface area contributed by atoms with Gasteiger partial charge in [-0.25, -0.2) is 18.6 Å². The van der Waals surface area contributed by atoms with Crippen molar-refractivity contribution >= 4 is 17.3 Å². The zero-order chi connectivity index (χ0) is 10.6. The fourth-order valence-corrected chi connectivity index (χ4v) is 0.884. The second-order valence-corrected chi connectivity index (χ2v) is 2.66. The van der Waals surface area contributed by atoms with E-state index in [2.05, 4.69) is 14.6 Å². The number of hydrogen-bond donors (Lipinski definition) is 0. The highest BCUT2D eigenvalue weighted by molar-refractivity contribution is 6.29. The summed E-state index contributed by atoms with van der Waals surface area (Å²) >= 11 is 5.51. The van der Waals surface area contributed by atoms with Gasteiger partial charge in [0.2, 0.25) is 11.6 Å². The lowest BCUT2D eigenvalue weighted by atomic mass is 10.4. The first-order chi connectivity index (χ1) is 6.63. The average Bonchev–Trinajstić information content (AvgIpc) is 2.15. The SMILES string of the molecule is [C-]#[N+]c1ccc(Cl)nc1OCC(F)F. The molecule has 0 atom stereocenters. The number of alkyl halides is 2. The van der Waals surface area contributed by atoms with Crippen LogP contribution in [0.2, 0.25) is 5.15 Å². The summed E-state index contributed by atoms with van der Waals surface area (Å²) in [7, 11) is 0. The van der Waals surface area contributed by atoms with E-state index < -0.39 is 13.0 Å². The second-order valence-electron chi connectivity index (χ2n) is 2.27. The first-order valence-corrected chi connectivity index (χ1v) is 3.96. The van der Waals surface area contributed by atoms with Crippen molar-refractivity contribution < 1.29 is 13.5 Å². The molecule has 3 nitrogen and oxygen atoms in total. The maximum Gasteiger partial charge on any atom is 0.272 e.